The van der Waals surface area contributed by atoms with Gasteiger partial charge in [-0.15, -0.1) is 0 Å². The molecule has 0 saturated heterocycles. The third-order valence-corrected chi connectivity index (χ3v) is 9.48. The summed E-state index contributed by atoms with van der Waals surface area (Å²) in [4.78, 5) is 34.8. The Hall–Kier alpha value is -1.77. The molecule has 10 heteroatoms. The second-order valence-electron chi connectivity index (χ2n) is 13.5. The smallest absolute Gasteiger partial charge is 0.462 e. The number of rotatable bonds is 38. The summed E-state index contributed by atoms with van der Waals surface area (Å²) >= 11 is 0. The van der Waals surface area contributed by atoms with Crippen molar-refractivity contribution in [2.75, 3.05) is 26.4 Å². The maximum Gasteiger partial charge on any atom is 0.472 e. The highest BCUT2D eigenvalue weighted by Crippen LogP contribution is 2.43. The topological polar surface area (TPSA) is 134 Å². The van der Waals surface area contributed by atoms with Gasteiger partial charge in [0.05, 0.1) is 13.2 Å². The van der Waals surface area contributed by atoms with Crippen LogP contribution in [0.2, 0.25) is 0 Å². The van der Waals surface area contributed by atoms with Gasteiger partial charge in [0.25, 0.3) is 0 Å². The number of hydrogen-bond donors (Lipinski definition) is 2. The van der Waals surface area contributed by atoms with Crippen LogP contribution in [-0.4, -0.2) is 49.3 Å². The fourth-order valence-electron chi connectivity index (χ4n) is 5.42. The summed E-state index contributed by atoms with van der Waals surface area (Å²) < 4.78 is 32.7. The predicted octanol–water partition coefficient (Wildman–Crippen LogP) is 11.4. The average molecular weight is 742 g/mol. The van der Waals surface area contributed by atoms with Gasteiger partial charge in [0.1, 0.15) is 6.61 Å². The Morgan fingerprint density at radius 2 is 1.02 bits per heavy atom. The van der Waals surface area contributed by atoms with Gasteiger partial charge in [0.2, 0.25) is 0 Å². The van der Waals surface area contributed by atoms with Gasteiger partial charge in [0.15, 0.2) is 6.10 Å². The van der Waals surface area contributed by atoms with Crippen LogP contribution in [0.1, 0.15) is 181 Å². The van der Waals surface area contributed by atoms with Gasteiger partial charge < -0.3 is 20.1 Å². The summed E-state index contributed by atoms with van der Waals surface area (Å²) in [7, 11) is -4.38. The van der Waals surface area contributed by atoms with Crippen molar-refractivity contribution in [3.8, 4) is 0 Å². The lowest BCUT2D eigenvalue weighted by Gasteiger charge is -2.19. The van der Waals surface area contributed by atoms with E-state index >= 15 is 0 Å². The molecule has 298 valence electrons. The molecular weight excluding hydrogens is 665 g/mol. The molecule has 0 amide bonds. The lowest BCUT2D eigenvalue weighted by Crippen LogP contribution is -2.29. The van der Waals surface area contributed by atoms with E-state index in [0.29, 0.717) is 12.8 Å². The van der Waals surface area contributed by atoms with Crippen LogP contribution in [0, 0.1) is 0 Å². The largest absolute Gasteiger partial charge is 0.472 e. The lowest BCUT2D eigenvalue weighted by molar-refractivity contribution is -0.161. The van der Waals surface area contributed by atoms with Gasteiger partial charge in [-0.1, -0.05) is 134 Å². The third-order valence-electron chi connectivity index (χ3n) is 8.50. The monoisotopic (exact) mass is 742 g/mol. The fraction of sp³-hybridized carbons (Fsp3) is 0.805. The van der Waals surface area contributed by atoms with Crippen LogP contribution in [-0.2, 0) is 32.7 Å². The molecule has 0 radical (unpaired) electrons. The quantitative estimate of drug-likeness (QED) is 0.0274. The molecule has 0 rings (SSSR count). The number of ether oxygens (including phenoxy) is 2. The van der Waals surface area contributed by atoms with Gasteiger partial charge in [-0.2, -0.15) is 0 Å². The van der Waals surface area contributed by atoms with Crippen molar-refractivity contribution >= 4 is 19.8 Å². The summed E-state index contributed by atoms with van der Waals surface area (Å²) in [6.45, 7) is 3.67. The second-order valence-corrected chi connectivity index (χ2v) is 14.9. The Bertz CT molecular complexity index is 939. The second kappa shape index (κ2) is 38.0. The summed E-state index contributed by atoms with van der Waals surface area (Å²) in [5.41, 5.74) is 5.34. The number of nitrogens with two attached hydrogens (primary N) is 1. The molecule has 2 atom stereocenters. The van der Waals surface area contributed by atoms with Gasteiger partial charge >= 0.3 is 19.8 Å². The van der Waals surface area contributed by atoms with Crippen molar-refractivity contribution < 1.29 is 37.6 Å². The zero-order valence-corrected chi connectivity index (χ0v) is 33.5. The van der Waals surface area contributed by atoms with E-state index in [-0.39, 0.29) is 32.6 Å². The molecule has 51 heavy (non-hydrogen) atoms. The fourth-order valence-corrected chi connectivity index (χ4v) is 6.19. The molecule has 0 aliphatic heterocycles. The Labute approximate surface area is 312 Å². The molecule has 0 spiro atoms. The molecule has 0 aromatic carbocycles. The van der Waals surface area contributed by atoms with Crippen molar-refractivity contribution in [1.82, 2.24) is 0 Å². The number of phosphoric acid groups is 1. The van der Waals surface area contributed by atoms with Crippen molar-refractivity contribution in [3.63, 3.8) is 0 Å². The van der Waals surface area contributed by atoms with Crippen LogP contribution in [0.5, 0.6) is 0 Å². The van der Waals surface area contributed by atoms with E-state index in [1.54, 1.807) is 0 Å². The minimum absolute atomic E-state index is 0.0497. The van der Waals surface area contributed by atoms with E-state index in [9.17, 15) is 19.0 Å². The highest BCUT2D eigenvalue weighted by atomic mass is 31.2. The van der Waals surface area contributed by atoms with E-state index in [1.807, 2.05) is 0 Å². The number of unbranched alkanes of at least 4 members (excludes halogenated alkanes) is 19. The van der Waals surface area contributed by atoms with Crippen LogP contribution in [0.4, 0.5) is 0 Å². The number of hydrogen-bond acceptors (Lipinski definition) is 8. The molecule has 0 fully saturated rings. The van der Waals surface area contributed by atoms with Gasteiger partial charge in [-0.05, 0) is 70.6 Å². The Balaban J connectivity index is 4.23. The van der Waals surface area contributed by atoms with Crippen LogP contribution in [0.3, 0.4) is 0 Å². The highest BCUT2D eigenvalue weighted by molar-refractivity contribution is 7.47. The first-order valence-corrected chi connectivity index (χ1v) is 22.0. The Morgan fingerprint density at radius 3 is 1.55 bits per heavy atom. The predicted molar refractivity (Wildman–Crippen MR) is 210 cm³/mol. The molecule has 3 N–H and O–H groups in total. The molecule has 0 bridgehead atoms. The van der Waals surface area contributed by atoms with Crippen LogP contribution < -0.4 is 5.73 Å². The first-order valence-electron chi connectivity index (χ1n) is 20.5. The van der Waals surface area contributed by atoms with Gasteiger partial charge in [-0.3, -0.25) is 18.6 Å². The zero-order chi connectivity index (χ0) is 37.5. The Kier molecular flexibility index (Phi) is 36.7. The molecule has 0 saturated carbocycles. The van der Waals surface area contributed by atoms with E-state index in [1.165, 1.54) is 70.6 Å². The number of carbonyl (C=O) groups excluding carboxylic acids is 2. The standard InChI is InChI=1S/C41H76NO8P/c1-3-5-7-9-11-13-15-17-19-21-23-25-27-29-31-33-40(43)47-37-39(38-49-51(45,46)48-36-35-42)50-41(44)34-32-30-28-26-24-22-20-18-16-14-12-10-8-6-4-2/h11,13,17-20,39H,3-10,12,14-16,21-38,42H2,1-2H3,(H,45,46)/b13-11+,19-17+,20-18+/t39-/m1/s1. The van der Waals surface area contributed by atoms with Crippen LogP contribution in [0.25, 0.3) is 0 Å². The number of phosphoric ester groups is 1. The summed E-state index contributed by atoms with van der Waals surface area (Å²) in [6.07, 6.45) is 40.2. The minimum Gasteiger partial charge on any atom is -0.462 e. The zero-order valence-electron chi connectivity index (χ0n) is 32.6. The molecule has 0 aromatic heterocycles. The summed E-state index contributed by atoms with van der Waals surface area (Å²) in [5.74, 6) is -0.854. The maximum absolute atomic E-state index is 12.5. The lowest BCUT2D eigenvalue weighted by atomic mass is 10.1. The van der Waals surface area contributed by atoms with E-state index < -0.39 is 32.5 Å². The van der Waals surface area contributed by atoms with Crippen molar-refractivity contribution in [2.45, 2.75) is 187 Å². The summed E-state index contributed by atoms with van der Waals surface area (Å²) in [5, 5.41) is 0. The highest BCUT2D eigenvalue weighted by Gasteiger charge is 2.25. The maximum atomic E-state index is 12.5. The van der Waals surface area contributed by atoms with Crippen LogP contribution >= 0.6 is 7.82 Å². The van der Waals surface area contributed by atoms with E-state index in [0.717, 1.165) is 70.6 Å². The van der Waals surface area contributed by atoms with E-state index in [4.69, 9.17) is 24.3 Å². The van der Waals surface area contributed by atoms with Crippen molar-refractivity contribution in [2.24, 2.45) is 5.73 Å². The summed E-state index contributed by atoms with van der Waals surface area (Å²) in [6, 6.07) is 0. The molecule has 0 aliphatic carbocycles. The van der Waals surface area contributed by atoms with Crippen LogP contribution in [0.15, 0.2) is 36.5 Å². The first kappa shape index (κ1) is 49.2. The number of esters is 2. The van der Waals surface area contributed by atoms with Crippen molar-refractivity contribution in [1.29, 1.82) is 0 Å². The molecular formula is C41H76NO8P. The molecule has 0 heterocycles. The van der Waals surface area contributed by atoms with E-state index in [2.05, 4.69) is 50.3 Å². The molecule has 1 unspecified atom stereocenters. The SMILES string of the molecule is CCCCC/C=C/C/C=C/CCCCCCCC(=O)OC[C@H](COP(=O)(O)OCCN)OC(=O)CCCCCCC/C=C/CCCCCCCC. The third kappa shape index (κ3) is 37.8. The molecule has 0 aromatic rings. The molecule has 0 aliphatic rings. The average Bonchev–Trinajstić information content (AvgIpc) is 3.11. The Morgan fingerprint density at radius 1 is 0.588 bits per heavy atom. The number of allylic oxidation sites excluding steroid dienone is 6. The van der Waals surface area contributed by atoms with Crippen molar-refractivity contribution in [3.05, 3.63) is 36.5 Å². The molecule has 9 nitrogen and oxygen atoms in total. The van der Waals surface area contributed by atoms with Gasteiger partial charge in [0, 0.05) is 19.4 Å². The van der Waals surface area contributed by atoms with Gasteiger partial charge in [-0.25, -0.2) is 4.57 Å². The minimum atomic E-state index is -4.38. The first-order chi connectivity index (χ1) is 24.8. The number of carbonyl (C=O) groups is 2. The normalized spacial score (nSPS) is 13.7.